The molecule has 1 amide bonds. The average molecular weight is 311 g/mol. The van der Waals surface area contributed by atoms with Gasteiger partial charge in [0.25, 0.3) is 0 Å². The number of para-hydroxylation sites is 1. The normalized spacial score (nSPS) is 23.9. The van der Waals surface area contributed by atoms with Gasteiger partial charge in [0.15, 0.2) is 0 Å². The van der Waals surface area contributed by atoms with Gasteiger partial charge in [-0.3, -0.25) is 4.79 Å². The minimum atomic E-state index is -0.140. The molecule has 1 aromatic carbocycles. The summed E-state index contributed by atoms with van der Waals surface area (Å²) in [6.45, 7) is 7.85. The molecule has 1 heterocycles. The zero-order chi connectivity index (χ0) is 13.3. The van der Waals surface area contributed by atoms with Crippen LogP contribution in [0.2, 0.25) is 0 Å². The second-order valence-corrected chi connectivity index (χ2v) is 6.50. The first-order valence-corrected chi connectivity index (χ1v) is 6.99. The molecule has 0 spiro atoms. The second-order valence-electron chi connectivity index (χ2n) is 5.64. The Labute approximate surface area is 117 Å². The number of amides is 1. The van der Waals surface area contributed by atoms with Crippen LogP contribution in [0.4, 0.5) is 5.69 Å². The first-order valence-electron chi connectivity index (χ1n) is 6.20. The van der Waals surface area contributed by atoms with E-state index >= 15 is 0 Å². The van der Waals surface area contributed by atoms with Crippen LogP contribution < -0.4 is 10.2 Å². The van der Waals surface area contributed by atoms with Gasteiger partial charge in [-0.1, -0.05) is 26.0 Å². The highest BCUT2D eigenvalue weighted by atomic mass is 79.9. The lowest BCUT2D eigenvalue weighted by Gasteiger charge is -2.30. The van der Waals surface area contributed by atoms with Crippen molar-refractivity contribution >= 4 is 27.5 Å². The fourth-order valence-electron chi connectivity index (χ4n) is 2.19. The van der Waals surface area contributed by atoms with E-state index in [-0.39, 0.29) is 17.4 Å². The molecule has 1 aliphatic heterocycles. The second kappa shape index (κ2) is 5.02. The van der Waals surface area contributed by atoms with Crippen molar-refractivity contribution in [3.8, 4) is 0 Å². The predicted octanol–water partition coefficient (Wildman–Crippen LogP) is 2.80. The Balaban J connectivity index is 2.40. The standard InChI is InChI=1S/C14H19BrN2O/c1-10-13(18)17(9-14(2,3)8-16-10)12-7-5-4-6-11(12)15/h4-7,10,16H,8-9H2,1-3H3. The Morgan fingerprint density at radius 2 is 2.06 bits per heavy atom. The van der Waals surface area contributed by atoms with Gasteiger partial charge >= 0.3 is 0 Å². The lowest BCUT2D eigenvalue weighted by Crippen LogP contribution is -2.42. The number of hydrogen-bond donors (Lipinski definition) is 1. The number of halogens is 1. The van der Waals surface area contributed by atoms with E-state index in [9.17, 15) is 4.79 Å². The topological polar surface area (TPSA) is 32.3 Å². The van der Waals surface area contributed by atoms with Crippen LogP contribution in [0.5, 0.6) is 0 Å². The van der Waals surface area contributed by atoms with Crippen molar-refractivity contribution < 1.29 is 4.79 Å². The molecule has 98 valence electrons. The molecule has 1 aromatic rings. The van der Waals surface area contributed by atoms with Gasteiger partial charge in [0.2, 0.25) is 5.91 Å². The van der Waals surface area contributed by atoms with Crippen LogP contribution >= 0.6 is 15.9 Å². The van der Waals surface area contributed by atoms with E-state index in [1.165, 1.54) is 0 Å². The van der Waals surface area contributed by atoms with Crippen molar-refractivity contribution in [3.63, 3.8) is 0 Å². The van der Waals surface area contributed by atoms with Gasteiger partial charge in [0.1, 0.15) is 0 Å². The zero-order valence-corrected chi connectivity index (χ0v) is 12.6. The van der Waals surface area contributed by atoms with Crippen LogP contribution in [0, 0.1) is 5.41 Å². The quantitative estimate of drug-likeness (QED) is 0.865. The summed E-state index contributed by atoms with van der Waals surface area (Å²) >= 11 is 3.53. The molecule has 0 saturated carbocycles. The molecule has 2 rings (SSSR count). The third-order valence-corrected chi connectivity index (χ3v) is 3.92. The molecular formula is C14H19BrN2O. The van der Waals surface area contributed by atoms with Gasteiger partial charge in [0.05, 0.1) is 11.7 Å². The fourth-order valence-corrected chi connectivity index (χ4v) is 2.69. The van der Waals surface area contributed by atoms with Crippen LogP contribution in [0.3, 0.4) is 0 Å². The summed E-state index contributed by atoms with van der Waals surface area (Å²) in [7, 11) is 0. The van der Waals surface area contributed by atoms with E-state index in [1.807, 2.05) is 36.1 Å². The molecule has 4 heteroatoms. The summed E-state index contributed by atoms with van der Waals surface area (Å²) < 4.78 is 0.961. The van der Waals surface area contributed by atoms with E-state index in [4.69, 9.17) is 0 Å². The number of nitrogens with one attached hydrogen (secondary N) is 1. The summed E-state index contributed by atoms with van der Waals surface area (Å²) in [4.78, 5) is 14.3. The van der Waals surface area contributed by atoms with Crippen molar-refractivity contribution in [2.75, 3.05) is 18.0 Å². The number of nitrogens with zero attached hydrogens (tertiary/aromatic N) is 1. The predicted molar refractivity (Wildman–Crippen MR) is 77.7 cm³/mol. The van der Waals surface area contributed by atoms with Gasteiger partial charge in [0, 0.05) is 17.6 Å². The average Bonchev–Trinajstić information content (AvgIpc) is 2.42. The molecule has 3 nitrogen and oxygen atoms in total. The van der Waals surface area contributed by atoms with E-state index in [0.29, 0.717) is 0 Å². The maximum absolute atomic E-state index is 12.4. The molecule has 18 heavy (non-hydrogen) atoms. The Kier molecular flexibility index (Phi) is 3.78. The number of benzene rings is 1. The first-order chi connectivity index (χ1) is 8.41. The molecule has 0 aliphatic carbocycles. The maximum Gasteiger partial charge on any atom is 0.243 e. The van der Waals surface area contributed by atoms with Crippen molar-refractivity contribution in [2.24, 2.45) is 5.41 Å². The summed E-state index contributed by atoms with van der Waals surface area (Å²) in [5.41, 5.74) is 1.02. The molecule has 0 bridgehead atoms. The Morgan fingerprint density at radius 1 is 1.39 bits per heavy atom. The number of anilines is 1. The lowest BCUT2D eigenvalue weighted by atomic mass is 9.93. The highest BCUT2D eigenvalue weighted by molar-refractivity contribution is 9.10. The molecule has 0 radical (unpaired) electrons. The van der Waals surface area contributed by atoms with Gasteiger partial charge in [-0.25, -0.2) is 0 Å². The summed E-state index contributed by atoms with van der Waals surface area (Å²) in [6.07, 6.45) is 0. The molecule has 1 N–H and O–H groups in total. The van der Waals surface area contributed by atoms with E-state index in [1.54, 1.807) is 0 Å². The van der Waals surface area contributed by atoms with Crippen molar-refractivity contribution in [1.29, 1.82) is 0 Å². The summed E-state index contributed by atoms with van der Waals surface area (Å²) in [6, 6.07) is 7.74. The lowest BCUT2D eigenvalue weighted by molar-refractivity contribution is -0.119. The minimum absolute atomic E-state index is 0.0652. The summed E-state index contributed by atoms with van der Waals surface area (Å²) in [5, 5.41) is 3.30. The minimum Gasteiger partial charge on any atom is -0.309 e. The van der Waals surface area contributed by atoms with Crippen molar-refractivity contribution in [3.05, 3.63) is 28.7 Å². The number of carbonyl (C=O) groups is 1. The third-order valence-electron chi connectivity index (χ3n) is 3.25. The number of rotatable bonds is 1. The first kappa shape index (κ1) is 13.6. The van der Waals surface area contributed by atoms with Gasteiger partial charge < -0.3 is 10.2 Å². The monoisotopic (exact) mass is 310 g/mol. The van der Waals surface area contributed by atoms with Gasteiger partial charge in [-0.2, -0.15) is 0 Å². The molecule has 1 atom stereocenters. The fraction of sp³-hybridized carbons (Fsp3) is 0.500. The Morgan fingerprint density at radius 3 is 2.72 bits per heavy atom. The summed E-state index contributed by atoms with van der Waals surface area (Å²) in [5.74, 6) is 0.132. The third kappa shape index (κ3) is 2.75. The van der Waals surface area contributed by atoms with Crippen LogP contribution in [-0.2, 0) is 4.79 Å². The van der Waals surface area contributed by atoms with Gasteiger partial charge in [-0.15, -0.1) is 0 Å². The van der Waals surface area contributed by atoms with Crippen molar-refractivity contribution in [1.82, 2.24) is 5.32 Å². The number of hydrogen-bond acceptors (Lipinski definition) is 2. The Hall–Kier alpha value is -0.870. The Bertz CT molecular complexity index is 459. The highest BCUT2D eigenvalue weighted by Gasteiger charge is 2.33. The largest absolute Gasteiger partial charge is 0.309 e. The van der Waals surface area contributed by atoms with Crippen LogP contribution in [0.15, 0.2) is 28.7 Å². The van der Waals surface area contributed by atoms with Crippen LogP contribution in [0.25, 0.3) is 0 Å². The zero-order valence-electron chi connectivity index (χ0n) is 11.0. The molecule has 1 unspecified atom stereocenters. The SMILES string of the molecule is CC1NCC(C)(C)CN(c2ccccc2Br)C1=O. The van der Waals surface area contributed by atoms with E-state index < -0.39 is 0 Å². The van der Waals surface area contributed by atoms with Crippen LogP contribution in [-0.4, -0.2) is 25.0 Å². The molecule has 1 saturated heterocycles. The smallest absolute Gasteiger partial charge is 0.243 e. The van der Waals surface area contributed by atoms with Crippen LogP contribution in [0.1, 0.15) is 20.8 Å². The van der Waals surface area contributed by atoms with E-state index in [2.05, 4.69) is 35.1 Å². The van der Waals surface area contributed by atoms with E-state index in [0.717, 1.165) is 23.2 Å². The molecule has 1 fully saturated rings. The van der Waals surface area contributed by atoms with Crippen molar-refractivity contribution in [2.45, 2.75) is 26.8 Å². The maximum atomic E-state index is 12.4. The van der Waals surface area contributed by atoms with Gasteiger partial charge in [-0.05, 0) is 40.4 Å². The highest BCUT2D eigenvalue weighted by Crippen LogP contribution is 2.30. The molecule has 0 aromatic heterocycles. The number of carbonyl (C=O) groups excluding carboxylic acids is 1. The molecule has 1 aliphatic rings. The molecular weight excluding hydrogens is 292 g/mol.